The van der Waals surface area contributed by atoms with Gasteiger partial charge < -0.3 is 0 Å². The highest BCUT2D eigenvalue weighted by Crippen LogP contribution is 2.24. The van der Waals surface area contributed by atoms with Crippen molar-refractivity contribution < 1.29 is 9.59 Å². The Morgan fingerprint density at radius 1 is 0.760 bits per heavy atom. The number of para-hydroxylation sites is 2. The van der Waals surface area contributed by atoms with Gasteiger partial charge in [0.05, 0.1) is 11.4 Å². The molecular weight excluding hydrogens is 314 g/mol. The summed E-state index contributed by atoms with van der Waals surface area (Å²) < 4.78 is 0. The third-order valence-corrected chi connectivity index (χ3v) is 4.31. The predicted molar refractivity (Wildman–Crippen MR) is 99.2 cm³/mol. The number of hydrazine groups is 1. The normalized spacial score (nSPS) is 15.5. The maximum Gasteiger partial charge on any atom is 0.250 e. The number of nitrogens with zero attached hydrogens (tertiary/aromatic N) is 3. The van der Waals surface area contributed by atoms with E-state index in [1.165, 1.54) is 4.90 Å². The van der Waals surface area contributed by atoms with Gasteiger partial charge in [0.25, 0.3) is 11.8 Å². The Kier molecular flexibility index (Phi) is 5.33. The van der Waals surface area contributed by atoms with E-state index in [4.69, 9.17) is 0 Å². The Balaban J connectivity index is 1.97. The predicted octanol–water partition coefficient (Wildman–Crippen LogP) is 3.08. The lowest BCUT2D eigenvalue weighted by molar-refractivity contribution is -0.142. The lowest BCUT2D eigenvalue weighted by Gasteiger charge is -2.35. The molecule has 0 aromatic heterocycles. The summed E-state index contributed by atoms with van der Waals surface area (Å²) in [5.74, 6) is -0.304. The summed E-state index contributed by atoms with van der Waals surface area (Å²) in [5, 5.41) is 3.78. The molecule has 0 N–H and O–H groups in total. The molecule has 0 unspecified atom stereocenters. The molecule has 5 heteroatoms. The topological polar surface area (TPSA) is 43.9 Å². The molecule has 1 heterocycles. The van der Waals surface area contributed by atoms with Gasteiger partial charge in [-0.1, -0.05) is 49.7 Å². The molecule has 0 atom stereocenters. The lowest BCUT2D eigenvalue weighted by Crippen LogP contribution is -2.45. The van der Waals surface area contributed by atoms with E-state index in [1.807, 2.05) is 70.7 Å². The van der Waals surface area contributed by atoms with Gasteiger partial charge in [-0.3, -0.25) is 24.5 Å². The fourth-order valence-electron chi connectivity index (χ4n) is 2.96. The van der Waals surface area contributed by atoms with E-state index >= 15 is 0 Å². The van der Waals surface area contributed by atoms with Gasteiger partial charge in [0.15, 0.2) is 0 Å². The first-order valence-corrected chi connectivity index (χ1v) is 8.69. The van der Waals surface area contributed by atoms with Crippen LogP contribution in [0.15, 0.2) is 60.7 Å². The van der Waals surface area contributed by atoms with Gasteiger partial charge in [0.1, 0.15) is 13.1 Å². The van der Waals surface area contributed by atoms with E-state index in [2.05, 4.69) is 6.92 Å². The van der Waals surface area contributed by atoms with E-state index in [9.17, 15) is 9.59 Å². The summed E-state index contributed by atoms with van der Waals surface area (Å²) in [6.45, 7) is 2.83. The van der Waals surface area contributed by atoms with Gasteiger partial charge in [-0.2, -0.15) is 0 Å². The highest BCUT2D eigenvalue weighted by Gasteiger charge is 2.32. The fraction of sp³-hybridized carbons (Fsp3) is 0.300. The third kappa shape index (κ3) is 3.82. The number of carbonyl (C=O) groups is 2. The zero-order valence-corrected chi connectivity index (χ0v) is 14.5. The molecule has 25 heavy (non-hydrogen) atoms. The maximum atomic E-state index is 12.7. The number of imide groups is 1. The number of amides is 2. The highest BCUT2D eigenvalue weighted by molar-refractivity contribution is 6.01. The summed E-state index contributed by atoms with van der Waals surface area (Å²) >= 11 is 0. The van der Waals surface area contributed by atoms with Crippen LogP contribution in [0.4, 0.5) is 11.4 Å². The second-order valence-electron chi connectivity index (χ2n) is 6.08. The van der Waals surface area contributed by atoms with Crippen LogP contribution in [0.3, 0.4) is 0 Å². The van der Waals surface area contributed by atoms with Gasteiger partial charge in [0, 0.05) is 6.54 Å². The quantitative estimate of drug-likeness (QED) is 0.787. The first kappa shape index (κ1) is 17.0. The van der Waals surface area contributed by atoms with E-state index in [-0.39, 0.29) is 24.9 Å². The zero-order valence-electron chi connectivity index (χ0n) is 14.5. The molecule has 0 saturated carbocycles. The molecule has 1 aliphatic rings. The van der Waals surface area contributed by atoms with Crippen molar-refractivity contribution in [1.29, 1.82) is 0 Å². The van der Waals surface area contributed by atoms with Crippen LogP contribution in [0.25, 0.3) is 0 Å². The fourth-order valence-corrected chi connectivity index (χ4v) is 2.96. The molecule has 0 radical (unpaired) electrons. The van der Waals surface area contributed by atoms with E-state index < -0.39 is 0 Å². The lowest BCUT2D eigenvalue weighted by atomic mass is 10.3. The Bertz CT molecular complexity index is 659. The first-order valence-electron chi connectivity index (χ1n) is 8.69. The van der Waals surface area contributed by atoms with Crippen LogP contribution in [0, 0.1) is 0 Å². The van der Waals surface area contributed by atoms with Gasteiger partial charge in [0.2, 0.25) is 0 Å². The molecule has 0 aliphatic carbocycles. The van der Waals surface area contributed by atoms with E-state index in [0.717, 1.165) is 24.2 Å². The molecule has 1 fully saturated rings. The molecular formula is C20H23N3O2. The Hall–Kier alpha value is -2.82. The molecule has 2 aromatic carbocycles. The Morgan fingerprint density at radius 3 is 1.60 bits per heavy atom. The highest BCUT2D eigenvalue weighted by atomic mass is 16.2. The smallest absolute Gasteiger partial charge is 0.250 e. The van der Waals surface area contributed by atoms with Crippen molar-refractivity contribution >= 4 is 23.2 Å². The zero-order chi connectivity index (χ0) is 17.6. The first-order chi connectivity index (χ1) is 12.2. The average molecular weight is 337 g/mol. The molecule has 1 saturated heterocycles. The van der Waals surface area contributed by atoms with Crippen LogP contribution in [0.2, 0.25) is 0 Å². The number of hydrogen-bond acceptors (Lipinski definition) is 4. The van der Waals surface area contributed by atoms with Gasteiger partial charge in [-0.15, -0.1) is 0 Å². The summed E-state index contributed by atoms with van der Waals surface area (Å²) in [4.78, 5) is 26.9. The molecule has 130 valence electrons. The maximum absolute atomic E-state index is 12.7. The number of unbranched alkanes of at least 4 members (excludes halogenated alkanes) is 1. The Morgan fingerprint density at radius 2 is 1.20 bits per heavy atom. The number of rotatable bonds is 5. The molecule has 5 nitrogen and oxygen atoms in total. The molecule has 3 rings (SSSR count). The summed E-state index contributed by atoms with van der Waals surface area (Å²) in [6.07, 6.45) is 1.77. The van der Waals surface area contributed by atoms with Gasteiger partial charge >= 0.3 is 0 Å². The number of carbonyl (C=O) groups excluding carboxylic acids is 2. The van der Waals surface area contributed by atoms with Crippen LogP contribution >= 0.6 is 0 Å². The van der Waals surface area contributed by atoms with Crippen LogP contribution < -0.4 is 10.0 Å². The minimum absolute atomic E-state index is 0.147. The van der Waals surface area contributed by atoms with E-state index in [0.29, 0.717) is 6.54 Å². The van der Waals surface area contributed by atoms with Gasteiger partial charge in [-0.25, -0.2) is 0 Å². The van der Waals surface area contributed by atoms with Crippen molar-refractivity contribution in [3.05, 3.63) is 60.7 Å². The number of hydrogen-bond donors (Lipinski definition) is 0. The van der Waals surface area contributed by atoms with Crippen LogP contribution in [-0.2, 0) is 9.59 Å². The molecule has 1 aliphatic heterocycles. The Labute approximate surface area is 148 Å². The van der Waals surface area contributed by atoms with Crippen molar-refractivity contribution in [3.63, 3.8) is 0 Å². The van der Waals surface area contributed by atoms with E-state index in [1.54, 1.807) is 0 Å². The second-order valence-corrected chi connectivity index (χ2v) is 6.08. The third-order valence-electron chi connectivity index (χ3n) is 4.31. The largest absolute Gasteiger partial charge is 0.279 e. The van der Waals surface area contributed by atoms with Crippen LogP contribution in [-0.4, -0.2) is 36.3 Å². The van der Waals surface area contributed by atoms with Crippen molar-refractivity contribution in [2.24, 2.45) is 0 Å². The van der Waals surface area contributed by atoms with Crippen molar-refractivity contribution in [2.75, 3.05) is 29.7 Å². The summed E-state index contributed by atoms with van der Waals surface area (Å²) in [6, 6.07) is 19.4. The SMILES string of the molecule is CCCCN1C(=O)CN(c2ccccc2)N(c2ccccc2)CC1=O. The van der Waals surface area contributed by atoms with Crippen LogP contribution in [0.1, 0.15) is 19.8 Å². The van der Waals surface area contributed by atoms with Gasteiger partial charge in [-0.05, 0) is 30.7 Å². The van der Waals surface area contributed by atoms with Crippen LogP contribution in [0.5, 0.6) is 0 Å². The minimum atomic E-state index is -0.152. The number of anilines is 2. The number of benzene rings is 2. The van der Waals surface area contributed by atoms with Crippen molar-refractivity contribution in [2.45, 2.75) is 19.8 Å². The molecule has 0 spiro atoms. The second kappa shape index (κ2) is 7.83. The van der Waals surface area contributed by atoms with Crippen molar-refractivity contribution in [1.82, 2.24) is 4.90 Å². The average Bonchev–Trinajstić information content (AvgIpc) is 2.78. The molecule has 2 amide bonds. The minimum Gasteiger partial charge on any atom is -0.279 e. The molecule has 2 aromatic rings. The van der Waals surface area contributed by atoms with Crippen molar-refractivity contribution in [3.8, 4) is 0 Å². The summed E-state index contributed by atoms with van der Waals surface area (Å²) in [5.41, 5.74) is 1.79. The monoisotopic (exact) mass is 337 g/mol. The molecule has 0 bridgehead atoms. The summed E-state index contributed by atoms with van der Waals surface area (Å²) in [7, 11) is 0. The standard InChI is InChI=1S/C20H23N3O2/c1-2-3-14-21-19(24)15-22(17-10-6-4-7-11-17)23(16-20(21)25)18-12-8-5-9-13-18/h4-13H,2-3,14-16H2,1H3.